The van der Waals surface area contributed by atoms with Crippen LogP contribution in [0, 0.1) is 17.0 Å². The zero-order valence-corrected chi connectivity index (χ0v) is 15.2. The molecule has 28 heavy (non-hydrogen) atoms. The molecule has 3 N–H and O–H groups in total. The van der Waals surface area contributed by atoms with Gasteiger partial charge in [-0.05, 0) is 42.6 Å². The third-order valence-electron chi connectivity index (χ3n) is 4.13. The molecule has 0 bridgehead atoms. The number of aromatic hydroxyl groups is 1. The van der Waals surface area contributed by atoms with Crippen molar-refractivity contribution in [2.24, 2.45) is 0 Å². The summed E-state index contributed by atoms with van der Waals surface area (Å²) in [4.78, 5) is 22.6. The number of nitrogens with one attached hydrogen (secondary N) is 1. The maximum Gasteiger partial charge on any atom is 0.294 e. The Morgan fingerprint density at radius 1 is 1.11 bits per heavy atom. The van der Waals surface area contributed by atoms with Crippen molar-refractivity contribution in [1.82, 2.24) is 0 Å². The lowest BCUT2D eigenvalue weighted by atomic mass is 10.1. The number of aryl methyl sites for hydroxylation is 1. The van der Waals surface area contributed by atoms with Gasteiger partial charge in [-0.15, -0.1) is 0 Å². The van der Waals surface area contributed by atoms with Gasteiger partial charge in [-0.3, -0.25) is 19.5 Å². The molecule has 0 saturated carbocycles. The minimum Gasteiger partial charge on any atom is -0.508 e. The van der Waals surface area contributed by atoms with Crippen LogP contribution in [0.3, 0.4) is 0 Å². The number of hydrogen-bond donors (Lipinski definition) is 3. The van der Waals surface area contributed by atoms with Gasteiger partial charge in [0, 0.05) is 22.6 Å². The summed E-state index contributed by atoms with van der Waals surface area (Å²) < 4.78 is 32.4. The van der Waals surface area contributed by atoms with Crippen molar-refractivity contribution in [1.29, 1.82) is 0 Å². The molecule has 144 valence electrons. The molecule has 0 heterocycles. The number of benzene rings is 3. The van der Waals surface area contributed by atoms with E-state index in [1.165, 1.54) is 43.3 Å². The summed E-state index contributed by atoms with van der Waals surface area (Å²) in [5, 5.41) is 23.9. The number of phenolic OH excluding ortho intramolecular Hbond substituents is 1. The molecule has 0 unspecified atom stereocenters. The summed E-state index contributed by atoms with van der Waals surface area (Å²) in [6, 6.07) is 10.2. The molecule has 0 aliphatic heterocycles. The summed E-state index contributed by atoms with van der Waals surface area (Å²) in [6.07, 6.45) is 0. The van der Waals surface area contributed by atoms with Crippen LogP contribution in [0.4, 0.5) is 11.4 Å². The summed E-state index contributed by atoms with van der Waals surface area (Å²) >= 11 is 0. The van der Waals surface area contributed by atoms with Gasteiger partial charge < -0.3 is 10.4 Å². The molecule has 3 aromatic rings. The molecule has 0 aromatic heterocycles. The molecule has 10 heteroatoms. The number of rotatable bonds is 4. The third-order valence-corrected chi connectivity index (χ3v) is 4.96. The summed E-state index contributed by atoms with van der Waals surface area (Å²) in [5.41, 5.74) is 0.143. The average molecular weight is 402 g/mol. The van der Waals surface area contributed by atoms with Crippen LogP contribution >= 0.6 is 0 Å². The molecule has 0 fully saturated rings. The van der Waals surface area contributed by atoms with Gasteiger partial charge in [0.25, 0.3) is 21.7 Å². The maximum absolute atomic E-state index is 12.6. The number of amides is 1. The molecule has 0 aliphatic rings. The van der Waals surface area contributed by atoms with E-state index >= 15 is 0 Å². The molecule has 3 aromatic carbocycles. The van der Waals surface area contributed by atoms with Gasteiger partial charge >= 0.3 is 0 Å². The van der Waals surface area contributed by atoms with E-state index in [1.54, 1.807) is 0 Å². The number of phenols is 1. The fourth-order valence-corrected chi connectivity index (χ4v) is 3.26. The van der Waals surface area contributed by atoms with Gasteiger partial charge in [0.1, 0.15) is 5.75 Å². The number of anilines is 1. The number of nitro groups is 1. The highest BCUT2D eigenvalue weighted by molar-refractivity contribution is 7.85. The number of carbonyl (C=O) groups is 1. The van der Waals surface area contributed by atoms with Crippen LogP contribution in [0.15, 0.2) is 53.4 Å². The monoisotopic (exact) mass is 402 g/mol. The minimum absolute atomic E-state index is 0.00857. The lowest BCUT2D eigenvalue weighted by Gasteiger charge is -2.11. The molecule has 9 nitrogen and oxygen atoms in total. The Labute approximate surface area is 159 Å². The summed E-state index contributed by atoms with van der Waals surface area (Å²) in [7, 11) is -4.55. The van der Waals surface area contributed by atoms with E-state index in [-0.39, 0.29) is 22.7 Å². The van der Waals surface area contributed by atoms with Crippen molar-refractivity contribution >= 4 is 38.2 Å². The standard InChI is InChI=1S/C18H14N2O7S/c1-10-2-3-12(7-17(10)20(23)24)18(22)19-16-9-14(28(25,26)27)6-11-4-5-13(21)8-15(11)16/h2-9,21H,1H3,(H,19,22)(H,25,26,27). The van der Waals surface area contributed by atoms with E-state index in [0.29, 0.717) is 16.3 Å². The molecule has 0 spiro atoms. The molecular formula is C18H14N2O7S. The van der Waals surface area contributed by atoms with Crippen LogP contribution in [0.5, 0.6) is 5.75 Å². The summed E-state index contributed by atoms with van der Waals surface area (Å²) in [5.74, 6) is -0.839. The molecule has 0 saturated heterocycles. The molecule has 0 atom stereocenters. The van der Waals surface area contributed by atoms with Gasteiger partial charge in [-0.25, -0.2) is 0 Å². The number of carbonyl (C=O) groups excluding carboxylic acids is 1. The first kappa shape index (κ1) is 19.3. The fourth-order valence-electron chi connectivity index (χ4n) is 2.71. The summed E-state index contributed by atoms with van der Waals surface area (Å²) in [6.45, 7) is 1.53. The van der Waals surface area contributed by atoms with E-state index in [1.807, 2.05) is 0 Å². The van der Waals surface area contributed by atoms with Crippen molar-refractivity contribution < 1.29 is 27.8 Å². The second-order valence-electron chi connectivity index (χ2n) is 6.06. The Morgan fingerprint density at radius 2 is 1.82 bits per heavy atom. The van der Waals surface area contributed by atoms with E-state index in [0.717, 1.165) is 12.1 Å². The first-order chi connectivity index (χ1) is 13.1. The fraction of sp³-hybridized carbons (Fsp3) is 0.0556. The molecule has 1 amide bonds. The first-order valence-electron chi connectivity index (χ1n) is 7.87. The van der Waals surface area contributed by atoms with Crippen LogP contribution in [-0.4, -0.2) is 28.9 Å². The van der Waals surface area contributed by atoms with Crippen molar-refractivity contribution in [3.63, 3.8) is 0 Å². The van der Waals surface area contributed by atoms with Crippen molar-refractivity contribution in [3.05, 3.63) is 69.8 Å². The van der Waals surface area contributed by atoms with Gasteiger partial charge in [0.15, 0.2) is 0 Å². The predicted molar refractivity (Wildman–Crippen MR) is 101 cm³/mol. The molecule has 0 radical (unpaired) electrons. The Kier molecular flexibility index (Phi) is 4.75. The van der Waals surface area contributed by atoms with Crippen LogP contribution < -0.4 is 5.32 Å². The average Bonchev–Trinajstić information content (AvgIpc) is 2.61. The van der Waals surface area contributed by atoms with Crippen LogP contribution in [0.2, 0.25) is 0 Å². The van der Waals surface area contributed by atoms with Crippen molar-refractivity contribution in [3.8, 4) is 5.75 Å². The highest BCUT2D eigenvalue weighted by Crippen LogP contribution is 2.31. The Balaban J connectivity index is 2.11. The number of hydrogen-bond acceptors (Lipinski definition) is 6. The smallest absolute Gasteiger partial charge is 0.294 e. The van der Waals surface area contributed by atoms with E-state index in [9.17, 15) is 33.0 Å². The number of nitrogens with zero attached hydrogens (tertiary/aromatic N) is 1. The van der Waals surface area contributed by atoms with E-state index < -0.39 is 25.8 Å². The quantitative estimate of drug-likeness (QED) is 0.345. The van der Waals surface area contributed by atoms with E-state index in [4.69, 9.17) is 0 Å². The highest BCUT2D eigenvalue weighted by Gasteiger charge is 2.18. The Bertz CT molecular complexity index is 1240. The zero-order chi connectivity index (χ0) is 20.6. The normalized spacial score (nSPS) is 11.4. The second kappa shape index (κ2) is 6.91. The zero-order valence-electron chi connectivity index (χ0n) is 14.4. The lowest BCUT2D eigenvalue weighted by molar-refractivity contribution is -0.385. The highest BCUT2D eigenvalue weighted by atomic mass is 32.2. The van der Waals surface area contributed by atoms with E-state index in [2.05, 4.69) is 5.32 Å². The Morgan fingerprint density at radius 3 is 2.46 bits per heavy atom. The van der Waals surface area contributed by atoms with Gasteiger partial charge in [-0.1, -0.05) is 12.1 Å². The van der Waals surface area contributed by atoms with Crippen LogP contribution in [0.25, 0.3) is 10.8 Å². The lowest BCUT2D eigenvalue weighted by Crippen LogP contribution is -2.13. The second-order valence-corrected chi connectivity index (χ2v) is 7.49. The minimum atomic E-state index is -4.55. The third kappa shape index (κ3) is 3.77. The van der Waals surface area contributed by atoms with Crippen LogP contribution in [-0.2, 0) is 10.1 Å². The topological polar surface area (TPSA) is 147 Å². The van der Waals surface area contributed by atoms with Crippen molar-refractivity contribution in [2.45, 2.75) is 11.8 Å². The Hall–Kier alpha value is -3.50. The van der Waals surface area contributed by atoms with Gasteiger partial charge in [0.2, 0.25) is 0 Å². The SMILES string of the molecule is Cc1ccc(C(=O)Nc2cc(S(=O)(=O)O)cc3ccc(O)cc23)cc1[N+](=O)[O-]. The first-order valence-corrected chi connectivity index (χ1v) is 9.31. The molecule has 0 aliphatic carbocycles. The molecule has 3 rings (SSSR count). The predicted octanol–water partition coefficient (Wildman–Crippen LogP) is 3.26. The van der Waals surface area contributed by atoms with Crippen molar-refractivity contribution in [2.75, 3.05) is 5.32 Å². The number of fused-ring (bicyclic) bond motifs is 1. The number of nitro benzene ring substituents is 1. The van der Waals surface area contributed by atoms with Gasteiger partial charge in [0.05, 0.1) is 15.5 Å². The molecular weight excluding hydrogens is 388 g/mol. The van der Waals surface area contributed by atoms with Crippen LogP contribution in [0.1, 0.15) is 15.9 Å². The van der Waals surface area contributed by atoms with Gasteiger partial charge in [-0.2, -0.15) is 8.42 Å². The maximum atomic E-state index is 12.6. The largest absolute Gasteiger partial charge is 0.508 e.